The van der Waals surface area contributed by atoms with Crippen molar-refractivity contribution < 1.29 is 9.53 Å². The predicted molar refractivity (Wildman–Crippen MR) is 57.1 cm³/mol. The zero-order valence-electron chi connectivity index (χ0n) is 9.06. The minimum atomic E-state index is -0.551. The molecule has 0 saturated carbocycles. The minimum absolute atomic E-state index is 0.119. The molecule has 1 unspecified atom stereocenters. The zero-order chi connectivity index (χ0) is 11.5. The van der Waals surface area contributed by atoms with E-state index < -0.39 is 5.91 Å². The lowest BCUT2D eigenvalue weighted by molar-refractivity contribution is 0.0992. The molecule has 1 aliphatic heterocycles. The zero-order valence-corrected chi connectivity index (χ0v) is 9.06. The molecule has 2 heterocycles. The van der Waals surface area contributed by atoms with E-state index in [2.05, 4.69) is 15.3 Å². The number of carbonyl (C=O) groups excluding carboxylic acids is 1. The second kappa shape index (κ2) is 4.44. The second-order valence-electron chi connectivity index (χ2n) is 3.67. The maximum Gasteiger partial charge on any atom is 0.316 e. The number of nitrogens with one attached hydrogen (secondary N) is 1. The molecule has 86 valence electrons. The Morgan fingerprint density at radius 3 is 3.06 bits per heavy atom. The molecule has 6 heteroatoms. The van der Waals surface area contributed by atoms with E-state index in [0.717, 1.165) is 24.9 Å². The number of ether oxygens (including phenoxy) is 1. The number of methoxy groups -OCH3 is 1. The summed E-state index contributed by atoms with van der Waals surface area (Å²) in [7, 11) is 1.45. The quantitative estimate of drug-likeness (QED) is 0.751. The molecule has 16 heavy (non-hydrogen) atoms. The highest BCUT2D eigenvalue weighted by Crippen LogP contribution is 2.25. The summed E-state index contributed by atoms with van der Waals surface area (Å²) in [6.07, 6.45) is 3.65. The van der Waals surface area contributed by atoms with Crippen LogP contribution >= 0.6 is 0 Å². The van der Waals surface area contributed by atoms with Gasteiger partial charge >= 0.3 is 6.01 Å². The molecule has 1 fully saturated rings. The summed E-state index contributed by atoms with van der Waals surface area (Å²) in [6.45, 7) is 0.939. The van der Waals surface area contributed by atoms with E-state index in [9.17, 15) is 4.79 Å². The number of hydrogen-bond acceptors (Lipinski definition) is 5. The maximum atomic E-state index is 11.3. The number of rotatable bonds is 3. The summed E-state index contributed by atoms with van der Waals surface area (Å²) >= 11 is 0. The van der Waals surface area contributed by atoms with Crippen molar-refractivity contribution in [2.75, 3.05) is 13.7 Å². The van der Waals surface area contributed by atoms with Crippen molar-refractivity contribution in [1.82, 2.24) is 15.3 Å². The number of carbonyl (C=O) groups is 1. The van der Waals surface area contributed by atoms with Crippen LogP contribution in [0, 0.1) is 0 Å². The summed E-state index contributed by atoms with van der Waals surface area (Å²) < 4.78 is 4.87. The highest BCUT2D eigenvalue weighted by molar-refractivity contribution is 5.92. The number of primary amides is 1. The highest BCUT2D eigenvalue weighted by Gasteiger charge is 2.23. The van der Waals surface area contributed by atoms with Gasteiger partial charge in [0.25, 0.3) is 5.91 Å². The van der Waals surface area contributed by atoms with Crippen LogP contribution in [0.1, 0.15) is 34.9 Å². The van der Waals surface area contributed by atoms with E-state index in [-0.39, 0.29) is 17.7 Å². The van der Waals surface area contributed by atoms with Crippen LogP contribution < -0.4 is 15.8 Å². The van der Waals surface area contributed by atoms with Crippen LogP contribution in [0.3, 0.4) is 0 Å². The topological polar surface area (TPSA) is 90.1 Å². The molecule has 0 bridgehead atoms. The van der Waals surface area contributed by atoms with Gasteiger partial charge in [0.1, 0.15) is 5.69 Å². The normalized spacial score (nSPS) is 19.7. The van der Waals surface area contributed by atoms with Gasteiger partial charge in [0, 0.05) is 17.8 Å². The molecule has 1 aliphatic rings. The highest BCUT2D eigenvalue weighted by atomic mass is 16.5. The molecule has 0 radical (unpaired) electrons. The third-order valence-corrected chi connectivity index (χ3v) is 2.65. The third kappa shape index (κ3) is 1.96. The molecular weight excluding hydrogens is 208 g/mol. The van der Waals surface area contributed by atoms with Crippen molar-refractivity contribution in [2.24, 2.45) is 5.73 Å². The molecular formula is C10H14N4O2. The molecule has 3 N–H and O–H groups in total. The molecule has 0 spiro atoms. The van der Waals surface area contributed by atoms with E-state index in [1.54, 1.807) is 6.20 Å². The van der Waals surface area contributed by atoms with Crippen molar-refractivity contribution in [3.05, 3.63) is 17.5 Å². The Bertz CT molecular complexity index is 402. The maximum absolute atomic E-state index is 11.3. The Morgan fingerprint density at radius 1 is 1.69 bits per heavy atom. The first-order valence-electron chi connectivity index (χ1n) is 5.16. The second-order valence-corrected chi connectivity index (χ2v) is 3.67. The SMILES string of the molecule is COc1ncc(C2CCCN2)c(C(N)=O)n1. The Hall–Kier alpha value is -1.69. The molecule has 1 aromatic rings. The fourth-order valence-corrected chi connectivity index (χ4v) is 1.88. The van der Waals surface area contributed by atoms with E-state index in [0.29, 0.717) is 0 Å². The number of nitrogens with zero attached hydrogens (tertiary/aromatic N) is 2. The fourth-order valence-electron chi connectivity index (χ4n) is 1.88. The minimum Gasteiger partial charge on any atom is -0.467 e. The summed E-state index contributed by atoms with van der Waals surface area (Å²) in [5.74, 6) is -0.551. The smallest absolute Gasteiger partial charge is 0.316 e. The molecule has 1 aromatic heterocycles. The molecule has 0 aromatic carbocycles. The van der Waals surface area contributed by atoms with Crippen LogP contribution in [0.4, 0.5) is 0 Å². The van der Waals surface area contributed by atoms with Crippen molar-refractivity contribution in [2.45, 2.75) is 18.9 Å². The van der Waals surface area contributed by atoms with Crippen LogP contribution in [-0.2, 0) is 0 Å². The van der Waals surface area contributed by atoms with Gasteiger partial charge in [-0.1, -0.05) is 0 Å². The van der Waals surface area contributed by atoms with Gasteiger partial charge in [-0.25, -0.2) is 4.98 Å². The third-order valence-electron chi connectivity index (χ3n) is 2.65. The molecule has 6 nitrogen and oxygen atoms in total. The molecule has 1 amide bonds. The first-order chi connectivity index (χ1) is 7.72. The summed E-state index contributed by atoms with van der Waals surface area (Å²) in [6, 6.07) is 0.281. The Labute approximate surface area is 93.2 Å². The van der Waals surface area contributed by atoms with E-state index >= 15 is 0 Å². The van der Waals surface area contributed by atoms with Gasteiger partial charge < -0.3 is 15.8 Å². The van der Waals surface area contributed by atoms with Gasteiger partial charge in [-0.15, -0.1) is 0 Å². The van der Waals surface area contributed by atoms with E-state index in [1.165, 1.54) is 7.11 Å². The predicted octanol–water partition coefficient (Wildman–Crippen LogP) is 0.00860. The Morgan fingerprint density at radius 2 is 2.50 bits per heavy atom. The van der Waals surface area contributed by atoms with Crippen LogP contribution in [0.5, 0.6) is 6.01 Å². The monoisotopic (exact) mass is 222 g/mol. The first-order valence-corrected chi connectivity index (χ1v) is 5.16. The van der Waals surface area contributed by atoms with Crippen molar-refractivity contribution in [1.29, 1.82) is 0 Å². The number of hydrogen-bond donors (Lipinski definition) is 2. The van der Waals surface area contributed by atoms with Crippen LogP contribution in [0.15, 0.2) is 6.20 Å². The largest absolute Gasteiger partial charge is 0.467 e. The van der Waals surface area contributed by atoms with Crippen LogP contribution in [0.2, 0.25) is 0 Å². The molecule has 1 saturated heterocycles. The van der Waals surface area contributed by atoms with Gasteiger partial charge in [0.2, 0.25) is 0 Å². The van der Waals surface area contributed by atoms with Gasteiger partial charge in [-0.3, -0.25) is 4.79 Å². The Kier molecular flexibility index (Phi) is 3.00. The van der Waals surface area contributed by atoms with E-state index in [1.807, 2.05) is 0 Å². The van der Waals surface area contributed by atoms with Gasteiger partial charge in [0.05, 0.1) is 7.11 Å². The van der Waals surface area contributed by atoms with Crippen molar-refractivity contribution >= 4 is 5.91 Å². The lowest BCUT2D eigenvalue weighted by Crippen LogP contribution is -2.22. The van der Waals surface area contributed by atoms with Gasteiger partial charge in [-0.05, 0) is 19.4 Å². The van der Waals surface area contributed by atoms with Crippen molar-refractivity contribution in [3.63, 3.8) is 0 Å². The lowest BCUT2D eigenvalue weighted by atomic mass is 10.1. The van der Waals surface area contributed by atoms with Crippen LogP contribution in [-0.4, -0.2) is 29.5 Å². The number of nitrogens with two attached hydrogens (primary N) is 1. The summed E-state index contributed by atoms with van der Waals surface area (Å²) in [5, 5.41) is 3.28. The first kappa shape index (κ1) is 10.8. The molecule has 1 atom stereocenters. The summed E-state index contributed by atoms with van der Waals surface area (Å²) in [4.78, 5) is 19.3. The average Bonchev–Trinajstić information content (AvgIpc) is 2.81. The average molecular weight is 222 g/mol. The molecule has 2 rings (SSSR count). The fraction of sp³-hybridized carbons (Fsp3) is 0.500. The van der Waals surface area contributed by atoms with Gasteiger partial charge in [0.15, 0.2) is 0 Å². The van der Waals surface area contributed by atoms with E-state index in [4.69, 9.17) is 10.5 Å². The standard InChI is InChI=1S/C10H14N4O2/c1-16-10-13-5-6(7-3-2-4-12-7)8(14-10)9(11)15/h5,7,12H,2-4H2,1H3,(H2,11,15). The summed E-state index contributed by atoms with van der Waals surface area (Å²) in [5.41, 5.74) is 6.29. The van der Waals surface area contributed by atoms with Gasteiger partial charge in [-0.2, -0.15) is 4.98 Å². The number of aromatic nitrogens is 2. The van der Waals surface area contributed by atoms with Crippen molar-refractivity contribution in [3.8, 4) is 6.01 Å². The lowest BCUT2D eigenvalue weighted by Gasteiger charge is -2.13. The van der Waals surface area contributed by atoms with Crippen LogP contribution in [0.25, 0.3) is 0 Å². The number of amides is 1. The Balaban J connectivity index is 2.39. The molecule has 0 aliphatic carbocycles.